The van der Waals surface area contributed by atoms with Crippen molar-refractivity contribution in [2.45, 2.75) is 46.1 Å². The zero-order chi connectivity index (χ0) is 14.9. The van der Waals surface area contributed by atoms with Gasteiger partial charge in [-0.3, -0.25) is 4.79 Å². The van der Waals surface area contributed by atoms with Crippen molar-refractivity contribution in [3.8, 4) is 0 Å². The van der Waals surface area contributed by atoms with Gasteiger partial charge in [-0.25, -0.2) is 0 Å². The summed E-state index contributed by atoms with van der Waals surface area (Å²) < 4.78 is 0.844. The number of carbonyl (C=O) groups is 1. The van der Waals surface area contributed by atoms with Gasteiger partial charge < -0.3 is 11.1 Å². The van der Waals surface area contributed by atoms with Crippen LogP contribution in [0.3, 0.4) is 0 Å². The topological polar surface area (TPSA) is 55.1 Å². The fourth-order valence-corrected chi connectivity index (χ4v) is 3.74. The number of nitrogens with one attached hydrogen (secondary N) is 1. The standard InChI is InChI=1S/C16H23BrN2O/c1-9-4-10(2)6-13(5-9)19-16(20)14-7-12(17)8-15(18)11(14)3/h7-10,13H,4-6,18H2,1-3H3,(H,19,20). The van der Waals surface area contributed by atoms with E-state index in [4.69, 9.17) is 5.73 Å². The van der Waals surface area contributed by atoms with Crippen LogP contribution in [0, 0.1) is 18.8 Å². The first-order chi connectivity index (χ1) is 9.36. The van der Waals surface area contributed by atoms with Crippen LogP contribution in [0.25, 0.3) is 0 Å². The van der Waals surface area contributed by atoms with E-state index in [1.807, 2.05) is 19.1 Å². The molecule has 110 valence electrons. The molecule has 0 spiro atoms. The summed E-state index contributed by atoms with van der Waals surface area (Å²) in [5.41, 5.74) is 8.09. The molecule has 4 heteroatoms. The third-order valence-electron chi connectivity index (χ3n) is 4.17. The van der Waals surface area contributed by atoms with E-state index in [1.54, 1.807) is 0 Å². The third kappa shape index (κ3) is 3.54. The van der Waals surface area contributed by atoms with Crippen LogP contribution in [-0.2, 0) is 0 Å². The molecule has 1 aliphatic carbocycles. The Morgan fingerprint density at radius 1 is 1.25 bits per heavy atom. The fraction of sp³-hybridized carbons (Fsp3) is 0.562. The van der Waals surface area contributed by atoms with Crippen LogP contribution in [0.1, 0.15) is 49.0 Å². The molecule has 2 unspecified atom stereocenters. The number of anilines is 1. The van der Waals surface area contributed by atoms with Crippen LogP contribution in [-0.4, -0.2) is 11.9 Å². The van der Waals surface area contributed by atoms with E-state index in [0.29, 0.717) is 23.1 Å². The molecule has 0 heterocycles. The van der Waals surface area contributed by atoms with Crippen molar-refractivity contribution in [3.63, 3.8) is 0 Å². The van der Waals surface area contributed by atoms with E-state index < -0.39 is 0 Å². The van der Waals surface area contributed by atoms with Crippen molar-refractivity contribution >= 4 is 27.5 Å². The highest BCUT2D eigenvalue weighted by atomic mass is 79.9. The summed E-state index contributed by atoms with van der Waals surface area (Å²) >= 11 is 3.40. The largest absolute Gasteiger partial charge is 0.398 e. The predicted molar refractivity (Wildman–Crippen MR) is 86.7 cm³/mol. The smallest absolute Gasteiger partial charge is 0.251 e. The van der Waals surface area contributed by atoms with Gasteiger partial charge in [-0.15, -0.1) is 0 Å². The maximum absolute atomic E-state index is 12.5. The van der Waals surface area contributed by atoms with Crippen molar-refractivity contribution in [3.05, 3.63) is 27.7 Å². The molecule has 1 aromatic rings. The zero-order valence-electron chi connectivity index (χ0n) is 12.4. The molecule has 0 saturated heterocycles. The summed E-state index contributed by atoms with van der Waals surface area (Å²) in [4.78, 5) is 12.5. The summed E-state index contributed by atoms with van der Waals surface area (Å²) in [5.74, 6) is 1.34. The average Bonchev–Trinajstić information content (AvgIpc) is 2.32. The molecule has 1 aliphatic rings. The summed E-state index contributed by atoms with van der Waals surface area (Å²) in [5, 5.41) is 3.18. The van der Waals surface area contributed by atoms with Crippen molar-refractivity contribution in [1.82, 2.24) is 5.32 Å². The van der Waals surface area contributed by atoms with Crippen LogP contribution in [0.5, 0.6) is 0 Å². The molecular formula is C16H23BrN2O. The number of nitrogens with two attached hydrogens (primary N) is 1. The van der Waals surface area contributed by atoms with Crippen molar-refractivity contribution in [2.24, 2.45) is 11.8 Å². The second-order valence-electron chi connectivity index (χ2n) is 6.26. The lowest BCUT2D eigenvalue weighted by Crippen LogP contribution is -2.40. The molecule has 3 N–H and O–H groups in total. The van der Waals surface area contributed by atoms with Gasteiger partial charge in [0, 0.05) is 21.8 Å². The van der Waals surface area contributed by atoms with E-state index in [2.05, 4.69) is 35.1 Å². The number of carbonyl (C=O) groups excluding carboxylic acids is 1. The minimum Gasteiger partial charge on any atom is -0.398 e. The van der Waals surface area contributed by atoms with Gasteiger partial charge in [-0.2, -0.15) is 0 Å². The number of benzene rings is 1. The van der Waals surface area contributed by atoms with Crippen LogP contribution in [0.15, 0.2) is 16.6 Å². The SMILES string of the molecule is Cc1c(N)cc(Br)cc1C(=O)NC1CC(C)CC(C)C1. The third-order valence-corrected chi connectivity index (χ3v) is 4.63. The number of hydrogen-bond donors (Lipinski definition) is 2. The molecular weight excluding hydrogens is 316 g/mol. The highest BCUT2D eigenvalue weighted by molar-refractivity contribution is 9.10. The van der Waals surface area contributed by atoms with Crippen LogP contribution >= 0.6 is 15.9 Å². The Morgan fingerprint density at radius 2 is 1.85 bits per heavy atom. The number of halogens is 1. The minimum atomic E-state index is -0.0122. The van der Waals surface area contributed by atoms with Crippen LogP contribution < -0.4 is 11.1 Å². The summed E-state index contributed by atoms with van der Waals surface area (Å²) in [7, 11) is 0. The normalized spacial score (nSPS) is 26.3. The van der Waals surface area contributed by atoms with E-state index in [9.17, 15) is 4.79 Å². The fourth-order valence-electron chi connectivity index (χ4n) is 3.26. The highest BCUT2D eigenvalue weighted by Crippen LogP contribution is 2.29. The Kier molecular flexibility index (Phi) is 4.74. The molecule has 20 heavy (non-hydrogen) atoms. The van der Waals surface area contributed by atoms with E-state index in [-0.39, 0.29) is 11.9 Å². The maximum atomic E-state index is 12.5. The number of hydrogen-bond acceptors (Lipinski definition) is 2. The Bertz CT molecular complexity index is 505. The molecule has 1 fully saturated rings. The second-order valence-corrected chi connectivity index (χ2v) is 7.17. The number of nitrogen functional groups attached to an aromatic ring is 1. The molecule has 2 atom stereocenters. The number of amides is 1. The summed E-state index contributed by atoms with van der Waals surface area (Å²) in [6, 6.07) is 3.95. The van der Waals surface area contributed by atoms with Gasteiger partial charge in [0.1, 0.15) is 0 Å². The minimum absolute atomic E-state index is 0.0122. The van der Waals surface area contributed by atoms with Gasteiger partial charge >= 0.3 is 0 Å². The molecule has 3 nitrogen and oxygen atoms in total. The Balaban J connectivity index is 2.12. The van der Waals surface area contributed by atoms with Crippen LogP contribution in [0.4, 0.5) is 5.69 Å². The average molecular weight is 339 g/mol. The van der Waals surface area contributed by atoms with Gasteiger partial charge in [0.15, 0.2) is 0 Å². The molecule has 0 radical (unpaired) electrons. The lowest BCUT2D eigenvalue weighted by molar-refractivity contribution is 0.0910. The van der Waals surface area contributed by atoms with Crippen molar-refractivity contribution in [2.75, 3.05) is 5.73 Å². The molecule has 0 aromatic heterocycles. The van der Waals surface area contributed by atoms with E-state index in [1.165, 1.54) is 6.42 Å². The van der Waals surface area contributed by atoms with Gasteiger partial charge in [0.25, 0.3) is 5.91 Å². The monoisotopic (exact) mass is 338 g/mol. The first kappa shape index (κ1) is 15.4. The molecule has 2 rings (SSSR count). The van der Waals surface area contributed by atoms with Gasteiger partial charge in [0.05, 0.1) is 0 Å². The van der Waals surface area contributed by atoms with Crippen molar-refractivity contribution in [1.29, 1.82) is 0 Å². The maximum Gasteiger partial charge on any atom is 0.251 e. The summed E-state index contributed by atoms with van der Waals surface area (Å²) in [6.07, 6.45) is 3.40. The quantitative estimate of drug-likeness (QED) is 0.803. The summed E-state index contributed by atoms with van der Waals surface area (Å²) in [6.45, 7) is 6.41. The lowest BCUT2D eigenvalue weighted by Gasteiger charge is -2.32. The second kappa shape index (κ2) is 6.17. The van der Waals surface area contributed by atoms with Gasteiger partial charge in [0.2, 0.25) is 0 Å². The Hall–Kier alpha value is -1.03. The molecule has 1 amide bonds. The first-order valence-electron chi connectivity index (χ1n) is 7.23. The van der Waals surface area contributed by atoms with Crippen LogP contribution in [0.2, 0.25) is 0 Å². The Labute approximate surface area is 129 Å². The molecule has 1 aromatic carbocycles. The number of rotatable bonds is 2. The Morgan fingerprint density at radius 3 is 2.45 bits per heavy atom. The first-order valence-corrected chi connectivity index (χ1v) is 8.02. The van der Waals surface area contributed by atoms with Gasteiger partial charge in [-0.05, 0) is 55.7 Å². The van der Waals surface area contributed by atoms with E-state index >= 15 is 0 Å². The van der Waals surface area contributed by atoms with E-state index in [0.717, 1.165) is 22.9 Å². The molecule has 0 aliphatic heterocycles. The predicted octanol–water partition coefficient (Wildman–Crippen LogP) is 3.89. The van der Waals surface area contributed by atoms with Gasteiger partial charge in [-0.1, -0.05) is 29.8 Å². The molecule has 1 saturated carbocycles. The zero-order valence-corrected chi connectivity index (χ0v) is 14.0. The molecule has 0 bridgehead atoms. The lowest BCUT2D eigenvalue weighted by atomic mass is 9.80. The highest BCUT2D eigenvalue weighted by Gasteiger charge is 2.25. The van der Waals surface area contributed by atoms with Crippen molar-refractivity contribution < 1.29 is 4.79 Å².